The smallest absolute Gasteiger partial charge is 0.408 e. The van der Waals surface area contributed by atoms with Crippen LogP contribution in [-0.2, 0) is 14.3 Å². The van der Waals surface area contributed by atoms with Crippen LogP contribution in [0.5, 0.6) is 5.75 Å². The summed E-state index contributed by atoms with van der Waals surface area (Å²) in [4.78, 5) is 40.7. The largest absolute Gasteiger partial charge is 0.507 e. The van der Waals surface area contributed by atoms with Crippen LogP contribution in [0.15, 0.2) is 18.2 Å². The quantitative estimate of drug-likeness (QED) is 0.404. The second-order valence-electron chi connectivity index (χ2n) is 10.0. The maximum atomic E-state index is 13.6. The van der Waals surface area contributed by atoms with E-state index >= 15 is 0 Å². The third-order valence-corrected chi connectivity index (χ3v) is 5.19. The van der Waals surface area contributed by atoms with Gasteiger partial charge >= 0.3 is 6.09 Å². The minimum absolute atomic E-state index is 0.0227. The van der Waals surface area contributed by atoms with E-state index in [9.17, 15) is 19.5 Å². The summed E-state index contributed by atoms with van der Waals surface area (Å²) in [6.07, 6.45) is 2.91. The van der Waals surface area contributed by atoms with Crippen molar-refractivity contribution < 1.29 is 24.2 Å². The number of alkyl carbamates (subject to hydrolysis) is 1. The van der Waals surface area contributed by atoms with Crippen LogP contribution in [0, 0.1) is 6.92 Å². The summed E-state index contributed by atoms with van der Waals surface area (Å²) in [5, 5.41) is 16.3. The number of hydrogen-bond acceptors (Lipinski definition) is 5. The third-order valence-electron chi connectivity index (χ3n) is 5.19. The van der Waals surface area contributed by atoms with Gasteiger partial charge in [-0.3, -0.25) is 9.59 Å². The molecule has 3 amide bonds. The van der Waals surface area contributed by atoms with E-state index in [0.717, 1.165) is 19.3 Å². The Morgan fingerprint density at radius 1 is 1.06 bits per heavy atom. The predicted molar refractivity (Wildman–Crippen MR) is 134 cm³/mol. The molecule has 0 aliphatic heterocycles. The van der Waals surface area contributed by atoms with E-state index in [1.165, 1.54) is 4.90 Å². The molecule has 1 aromatic carbocycles. The number of aryl methyl sites for hydroxylation is 1. The van der Waals surface area contributed by atoms with E-state index in [4.69, 9.17) is 4.74 Å². The van der Waals surface area contributed by atoms with Gasteiger partial charge in [0.2, 0.25) is 11.8 Å². The van der Waals surface area contributed by atoms with Crippen LogP contribution in [0.2, 0.25) is 0 Å². The second-order valence-corrected chi connectivity index (χ2v) is 10.0. The summed E-state index contributed by atoms with van der Waals surface area (Å²) in [6, 6.07) is 3.03. The molecule has 8 heteroatoms. The van der Waals surface area contributed by atoms with E-state index in [1.807, 2.05) is 13.8 Å². The molecule has 0 aliphatic rings. The Morgan fingerprint density at radius 2 is 1.71 bits per heavy atom. The van der Waals surface area contributed by atoms with Gasteiger partial charge in [0.1, 0.15) is 23.4 Å². The minimum atomic E-state index is -1.04. The first-order valence-corrected chi connectivity index (χ1v) is 12.2. The summed E-state index contributed by atoms with van der Waals surface area (Å²) in [5.41, 5.74) is 0.254. The number of unbranched alkanes of at least 4 members (excludes halogenated alkanes) is 3. The highest BCUT2D eigenvalue weighted by molar-refractivity contribution is 5.92. The normalized spacial score (nSPS) is 13.2. The van der Waals surface area contributed by atoms with Crippen molar-refractivity contribution in [3.63, 3.8) is 0 Å². The first-order valence-electron chi connectivity index (χ1n) is 12.2. The first kappa shape index (κ1) is 29.3. The van der Waals surface area contributed by atoms with E-state index in [0.29, 0.717) is 24.1 Å². The molecular formula is C26H43N3O5. The molecule has 3 N–H and O–H groups in total. The molecule has 0 spiro atoms. The van der Waals surface area contributed by atoms with E-state index in [-0.39, 0.29) is 17.7 Å². The van der Waals surface area contributed by atoms with Crippen LogP contribution < -0.4 is 10.6 Å². The van der Waals surface area contributed by atoms with Crippen molar-refractivity contribution >= 4 is 17.9 Å². The number of carbonyl (C=O) groups is 3. The van der Waals surface area contributed by atoms with Gasteiger partial charge in [-0.05, 0) is 60.5 Å². The highest BCUT2D eigenvalue weighted by atomic mass is 16.6. The fraction of sp³-hybridized carbons (Fsp3) is 0.654. The van der Waals surface area contributed by atoms with Crippen molar-refractivity contribution in [1.29, 1.82) is 0 Å². The van der Waals surface area contributed by atoms with Gasteiger partial charge in [0.15, 0.2) is 0 Å². The Hall–Kier alpha value is -2.77. The number of phenols is 1. The van der Waals surface area contributed by atoms with Gasteiger partial charge < -0.3 is 25.4 Å². The zero-order valence-corrected chi connectivity index (χ0v) is 22.0. The number of aromatic hydroxyl groups is 1. The number of benzene rings is 1. The molecule has 0 aliphatic carbocycles. The number of rotatable bonds is 11. The molecule has 0 bridgehead atoms. The monoisotopic (exact) mass is 477 g/mol. The maximum absolute atomic E-state index is 13.6. The molecular weight excluding hydrogens is 434 g/mol. The first-order chi connectivity index (χ1) is 15.8. The standard InChI is InChI=1S/C26H43N3O5/c1-9-10-11-12-16-29(24(32)19(5)28-25(33)34-26(6,7)8)21(23(31)27-17(2)3)20-15-13-14-18(4)22(20)30/h13-15,17,19,21,30H,9-12,16H2,1-8H3,(H,27,31)(H,28,33). The molecule has 2 atom stereocenters. The van der Waals surface area contributed by atoms with E-state index < -0.39 is 29.7 Å². The molecule has 2 unspecified atom stereocenters. The zero-order valence-electron chi connectivity index (χ0n) is 22.0. The van der Waals surface area contributed by atoms with Crippen molar-refractivity contribution in [1.82, 2.24) is 15.5 Å². The van der Waals surface area contributed by atoms with Crippen LogP contribution in [0.25, 0.3) is 0 Å². The van der Waals surface area contributed by atoms with Gasteiger partial charge in [-0.1, -0.05) is 44.4 Å². The lowest BCUT2D eigenvalue weighted by molar-refractivity contribution is -0.142. The van der Waals surface area contributed by atoms with Crippen molar-refractivity contribution in [3.05, 3.63) is 29.3 Å². The van der Waals surface area contributed by atoms with Gasteiger partial charge in [-0.15, -0.1) is 0 Å². The summed E-state index contributed by atoms with van der Waals surface area (Å²) in [6.45, 7) is 14.6. The Morgan fingerprint density at radius 3 is 2.26 bits per heavy atom. The SMILES string of the molecule is CCCCCCN(C(=O)C(C)NC(=O)OC(C)(C)C)C(C(=O)NC(C)C)c1cccc(C)c1O. The number of nitrogens with zero attached hydrogens (tertiary/aromatic N) is 1. The van der Waals surface area contributed by atoms with Crippen molar-refractivity contribution in [2.75, 3.05) is 6.54 Å². The fourth-order valence-corrected chi connectivity index (χ4v) is 3.59. The topological polar surface area (TPSA) is 108 Å². The summed E-state index contributed by atoms with van der Waals surface area (Å²) >= 11 is 0. The fourth-order valence-electron chi connectivity index (χ4n) is 3.59. The Kier molecular flexibility index (Phi) is 11.4. The van der Waals surface area contributed by atoms with Crippen molar-refractivity contribution in [2.45, 2.75) is 105 Å². The average molecular weight is 478 g/mol. The number of carbonyl (C=O) groups excluding carboxylic acids is 3. The van der Waals surface area contributed by atoms with Gasteiger partial charge in [0.05, 0.1) is 0 Å². The molecule has 1 rings (SSSR count). The molecule has 0 radical (unpaired) electrons. The number of amides is 3. The zero-order chi connectivity index (χ0) is 26.1. The molecule has 0 saturated carbocycles. The van der Waals surface area contributed by atoms with Gasteiger partial charge in [-0.25, -0.2) is 4.79 Å². The number of para-hydroxylation sites is 1. The highest BCUT2D eigenvalue weighted by Crippen LogP contribution is 2.32. The molecule has 8 nitrogen and oxygen atoms in total. The molecule has 1 aromatic rings. The molecule has 0 heterocycles. The average Bonchev–Trinajstić information content (AvgIpc) is 2.70. The number of ether oxygens (including phenoxy) is 1. The van der Waals surface area contributed by atoms with Gasteiger partial charge in [-0.2, -0.15) is 0 Å². The van der Waals surface area contributed by atoms with E-state index in [2.05, 4.69) is 17.6 Å². The second kappa shape index (κ2) is 13.2. The number of hydrogen-bond donors (Lipinski definition) is 3. The molecule has 0 fully saturated rings. The maximum Gasteiger partial charge on any atom is 0.408 e. The number of nitrogens with one attached hydrogen (secondary N) is 2. The lowest BCUT2D eigenvalue weighted by atomic mass is 9.98. The van der Waals surface area contributed by atoms with Crippen LogP contribution in [0.4, 0.5) is 4.79 Å². The predicted octanol–water partition coefficient (Wildman–Crippen LogP) is 4.59. The van der Waals surface area contributed by atoms with Crippen LogP contribution in [0.1, 0.15) is 91.3 Å². The lowest BCUT2D eigenvalue weighted by Crippen LogP contribution is -2.52. The summed E-state index contributed by atoms with van der Waals surface area (Å²) in [7, 11) is 0. The summed E-state index contributed by atoms with van der Waals surface area (Å²) in [5.74, 6) is -0.832. The van der Waals surface area contributed by atoms with E-state index in [1.54, 1.807) is 52.8 Å². The minimum Gasteiger partial charge on any atom is -0.507 e. The Labute approximate surface area is 204 Å². The van der Waals surface area contributed by atoms with Crippen molar-refractivity contribution in [3.8, 4) is 5.75 Å². The Bertz CT molecular complexity index is 832. The third kappa shape index (κ3) is 9.23. The van der Waals surface area contributed by atoms with Crippen LogP contribution in [-0.4, -0.2) is 52.1 Å². The van der Waals surface area contributed by atoms with Gasteiger partial charge in [0.25, 0.3) is 0 Å². The van der Waals surface area contributed by atoms with Crippen molar-refractivity contribution in [2.24, 2.45) is 0 Å². The summed E-state index contributed by atoms with van der Waals surface area (Å²) < 4.78 is 5.29. The van der Waals surface area contributed by atoms with Crippen LogP contribution in [0.3, 0.4) is 0 Å². The molecule has 0 aromatic heterocycles. The molecule has 0 saturated heterocycles. The molecule has 34 heavy (non-hydrogen) atoms. The lowest BCUT2D eigenvalue weighted by Gasteiger charge is -2.34. The molecule has 192 valence electrons. The van der Waals surface area contributed by atoms with Crippen LogP contribution >= 0.6 is 0 Å². The highest BCUT2D eigenvalue weighted by Gasteiger charge is 2.36. The Balaban J connectivity index is 3.37. The number of phenolic OH excluding ortho intramolecular Hbond substituents is 1. The van der Waals surface area contributed by atoms with Gasteiger partial charge in [0, 0.05) is 18.2 Å².